The van der Waals surface area contributed by atoms with Crippen molar-refractivity contribution in [1.82, 2.24) is 15.2 Å². The maximum atomic E-state index is 13.0. The molecular formula is C21H28ClN3O2. The molecule has 1 aromatic carbocycles. The first-order valence-corrected chi connectivity index (χ1v) is 9.62. The zero-order chi connectivity index (χ0) is 18.1. The van der Waals surface area contributed by atoms with Crippen molar-refractivity contribution in [3.05, 3.63) is 35.5 Å². The Morgan fingerprint density at radius 3 is 2.63 bits per heavy atom. The van der Waals surface area contributed by atoms with Crippen LogP contribution < -0.4 is 10.1 Å². The Balaban J connectivity index is 0.00000210. The maximum Gasteiger partial charge on any atom is 0.255 e. The molecule has 0 atom stereocenters. The molecule has 27 heavy (non-hydrogen) atoms. The van der Waals surface area contributed by atoms with E-state index in [9.17, 15) is 4.79 Å². The monoisotopic (exact) mass is 389 g/mol. The number of likely N-dealkylation sites (tertiary alicyclic amines) is 1. The number of carbonyl (C=O) groups excluding carboxylic acids is 1. The fourth-order valence-electron chi connectivity index (χ4n) is 3.70. The molecule has 2 aliphatic rings. The lowest BCUT2D eigenvalue weighted by molar-refractivity contribution is 0.0704. The molecule has 6 heteroatoms. The predicted molar refractivity (Wildman–Crippen MR) is 110 cm³/mol. The summed E-state index contributed by atoms with van der Waals surface area (Å²) in [6.07, 6.45) is 4.83. The van der Waals surface area contributed by atoms with Crippen LogP contribution in [-0.4, -0.2) is 48.6 Å². The van der Waals surface area contributed by atoms with Crippen molar-refractivity contribution in [2.75, 3.05) is 26.7 Å². The number of amides is 1. The summed E-state index contributed by atoms with van der Waals surface area (Å²) in [4.78, 5) is 19.6. The molecule has 5 nitrogen and oxygen atoms in total. The second-order valence-electron chi connectivity index (χ2n) is 7.60. The summed E-state index contributed by atoms with van der Waals surface area (Å²) in [5.41, 5.74) is 2.36. The van der Waals surface area contributed by atoms with Crippen molar-refractivity contribution < 1.29 is 9.53 Å². The summed E-state index contributed by atoms with van der Waals surface area (Å²) in [5.74, 6) is 1.79. The average molecular weight is 390 g/mol. The van der Waals surface area contributed by atoms with Gasteiger partial charge in [0, 0.05) is 30.6 Å². The zero-order valence-electron chi connectivity index (χ0n) is 16.0. The third-order valence-corrected chi connectivity index (χ3v) is 5.62. The zero-order valence-corrected chi connectivity index (χ0v) is 16.8. The molecule has 1 saturated heterocycles. The topological polar surface area (TPSA) is 54.5 Å². The SMILES string of the molecule is COc1ccc2cc(C(=O)N3CCC(NCC4CC4)CC3)c(C)nc2c1.Cl. The summed E-state index contributed by atoms with van der Waals surface area (Å²) >= 11 is 0. The van der Waals surface area contributed by atoms with Gasteiger partial charge in [-0.1, -0.05) is 0 Å². The molecule has 2 aromatic rings. The van der Waals surface area contributed by atoms with Gasteiger partial charge in [0.05, 0.1) is 23.9 Å². The lowest BCUT2D eigenvalue weighted by Gasteiger charge is -2.33. The van der Waals surface area contributed by atoms with Crippen LogP contribution in [0.4, 0.5) is 0 Å². The lowest BCUT2D eigenvalue weighted by atomic mass is 10.0. The van der Waals surface area contributed by atoms with Gasteiger partial charge in [-0.15, -0.1) is 12.4 Å². The molecule has 1 amide bonds. The number of pyridine rings is 1. The lowest BCUT2D eigenvalue weighted by Crippen LogP contribution is -2.45. The highest BCUT2D eigenvalue weighted by molar-refractivity contribution is 5.98. The molecular weight excluding hydrogens is 362 g/mol. The molecule has 1 aromatic heterocycles. The minimum Gasteiger partial charge on any atom is -0.497 e. The second-order valence-corrected chi connectivity index (χ2v) is 7.60. The number of halogens is 1. The highest BCUT2D eigenvalue weighted by Gasteiger charge is 2.27. The van der Waals surface area contributed by atoms with E-state index >= 15 is 0 Å². The molecule has 0 unspecified atom stereocenters. The number of hydrogen-bond acceptors (Lipinski definition) is 4. The number of methoxy groups -OCH3 is 1. The Labute approximate surface area is 166 Å². The number of rotatable bonds is 5. The fourth-order valence-corrected chi connectivity index (χ4v) is 3.70. The van der Waals surface area contributed by atoms with Crippen LogP contribution in [-0.2, 0) is 0 Å². The van der Waals surface area contributed by atoms with Crippen molar-refractivity contribution >= 4 is 29.2 Å². The number of aryl methyl sites for hydroxylation is 1. The number of benzene rings is 1. The molecule has 4 rings (SSSR count). The molecule has 1 saturated carbocycles. The van der Waals surface area contributed by atoms with Crippen molar-refractivity contribution in [2.45, 2.75) is 38.6 Å². The van der Waals surface area contributed by atoms with Crippen molar-refractivity contribution in [3.8, 4) is 5.75 Å². The number of nitrogens with zero attached hydrogens (tertiary/aromatic N) is 2. The van der Waals surface area contributed by atoms with Crippen LogP contribution >= 0.6 is 12.4 Å². The first kappa shape index (κ1) is 19.9. The minimum absolute atomic E-state index is 0. The van der Waals surface area contributed by atoms with Crippen LogP contribution in [0.2, 0.25) is 0 Å². The fraction of sp³-hybridized carbons (Fsp3) is 0.524. The summed E-state index contributed by atoms with van der Waals surface area (Å²) in [6.45, 7) is 4.70. The number of piperidine rings is 1. The van der Waals surface area contributed by atoms with Crippen molar-refractivity contribution in [3.63, 3.8) is 0 Å². The standard InChI is InChI=1S/C21H27N3O2.ClH/c1-14-19(11-16-5-6-18(26-2)12-20(16)23-14)21(25)24-9-7-17(8-10-24)22-13-15-3-4-15;/h5-6,11-12,15,17,22H,3-4,7-10,13H2,1-2H3;1H. The Morgan fingerprint density at radius 2 is 1.96 bits per heavy atom. The minimum atomic E-state index is 0. The van der Waals surface area contributed by atoms with E-state index in [-0.39, 0.29) is 18.3 Å². The van der Waals surface area contributed by atoms with E-state index < -0.39 is 0 Å². The number of fused-ring (bicyclic) bond motifs is 1. The molecule has 0 bridgehead atoms. The van der Waals surface area contributed by atoms with Crippen LogP contribution in [0.25, 0.3) is 10.9 Å². The number of hydrogen-bond donors (Lipinski definition) is 1. The summed E-state index contributed by atoms with van der Waals surface area (Å²) in [7, 11) is 1.65. The van der Waals surface area contributed by atoms with Crippen molar-refractivity contribution in [2.24, 2.45) is 5.92 Å². The summed E-state index contributed by atoms with van der Waals surface area (Å²) in [5, 5.41) is 4.64. The Morgan fingerprint density at radius 1 is 1.22 bits per heavy atom. The highest BCUT2D eigenvalue weighted by atomic mass is 35.5. The van der Waals surface area contributed by atoms with Gasteiger partial charge in [0.15, 0.2) is 0 Å². The van der Waals surface area contributed by atoms with Gasteiger partial charge >= 0.3 is 0 Å². The van der Waals surface area contributed by atoms with E-state index in [1.165, 1.54) is 12.8 Å². The van der Waals surface area contributed by atoms with E-state index in [1.807, 2.05) is 36.1 Å². The summed E-state index contributed by atoms with van der Waals surface area (Å²) in [6, 6.07) is 8.31. The molecule has 1 aliphatic carbocycles. The molecule has 1 aliphatic heterocycles. The van der Waals surface area contributed by atoms with Gasteiger partial charge in [-0.25, -0.2) is 0 Å². The van der Waals surface area contributed by atoms with E-state index in [4.69, 9.17) is 4.74 Å². The Hall–Kier alpha value is -1.85. The molecule has 0 radical (unpaired) electrons. The van der Waals surface area contributed by atoms with E-state index in [2.05, 4.69) is 10.3 Å². The number of nitrogens with one attached hydrogen (secondary N) is 1. The van der Waals surface area contributed by atoms with Gasteiger partial charge in [0.1, 0.15) is 5.75 Å². The largest absolute Gasteiger partial charge is 0.497 e. The quantitative estimate of drug-likeness (QED) is 0.849. The number of ether oxygens (including phenoxy) is 1. The third-order valence-electron chi connectivity index (χ3n) is 5.62. The third kappa shape index (κ3) is 4.53. The smallest absolute Gasteiger partial charge is 0.255 e. The first-order chi connectivity index (χ1) is 12.6. The van der Waals surface area contributed by atoms with Gasteiger partial charge in [0.2, 0.25) is 0 Å². The van der Waals surface area contributed by atoms with E-state index in [1.54, 1.807) is 7.11 Å². The molecule has 0 spiro atoms. The molecule has 1 N–H and O–H groups in total. The van der Waals surface area contributed by atoms with Crippen molar-refractivity contribution in [1.29, 1.82) is 0 Å². The molecule has 146 valence electrons. The normalized spacial score (nSPS) is 17.6. The second kappa shape index (κ2) is 8.44. The van der Waals surface area contributed by atoms with Gasteiger partial charge in [-0.3, -0.25) is 9.78 Å². The molecule has 2 fully saturated rings. The predicted octanol–water partition coefficient (Wildman–Crippen LogP) is 3.58. The van der Waals surface area contributed by atoms with Gasteiger partial charge in [-0.2, -0.15) is 0 Å². The average Bonchev–Trinajstić information content (AvgIpc) is 3.49. The Bertz CT molecular complexity index is 814. The van der Waals surface area contributed by atoms with Gasteiger partial charge in [-0.05, 0) is 63.3 Å². The number of aromatic nitrogens is 1. The summed E-state index contributed by atoms with van der Waals surface area (Å²) < 4.78 is 5.26. The van der Waals surface area contributed by atoms with Gasteiger partial charge < -0.3 is 15.0 Å². The highest BCUT2D eigenvalue weighted by Crippen LogP contribution is 2.28. The van der Waals surface area contributed by atoms with E-state index in [0.717, 1.165) is 60.7 Å². The van der Waals surface area contributed by atoms with Gasteiger partial charge in [0.25, 0.3) is 5.91 Å². The number of carbonyl (C=O) groups is 1. The van der Waals surface area contributed by atoms with Crippen LogP contribution in [0.5, 0.6) is 5.75 Å². The Kier molecular flexibility index (Phi) is 6.22. The van der Waals surface area contributed by atoms with Crippen LogP contribution in [0, 0.1) is 12.8 Å². The van der Waals surface area contributed by atoms with Crippen LogP contribution in [0.3, 0.4) is 0 Å². The van der Waals surface area contributed by atoms with Crippen LogP contribution in [0.1, 0.15) is 41.7 Å². The first-order valence-electron chi connectivity index (χ1n) is 9.62. The maximum absolute atomic E-state index is 13.0. The molecule has 2 heterocycles. The van der Waals surface area contributed by atoms with Crippen LogP contribution in [0.15, 0.2) is 24.3 Å². The van der Waals surface area contributed by atoms with E-state index in [0.29, 0.717) is 11.6 Å².